The van der Waals surface area contributed by atoms with Gasteiger partial charge >= 0.3 is 0 Å². The Morgan fingerprint density at radius 2 is 1.94 bits per heavy atom. The van der Waals surface area contributed by atoms with E-state index in [0.717, 1.165) is 18.4 Å². The summed E-state index contributed by atoms with van der Waals surface area (Å²) in [5, 5.41) is 12.2. The lowest BCUT2D eigenvalue weighted by Crippen LogP contribution is -2.35. The number of nitrogens with one attached hydrogen (secondary N) is 1. The first-order valence-electron chi connectivity index (χ1n) is 11.5. The summed E-state index contributed by atoms with van der Waals surface area (Å²) in [5.41, 5.74) is 1.04. The largest absolute Gasteiger partial charge is 0.454 e. The van der Waals surface area contributed by atoms with E-state index in [1.165, 1.54) is 11.3 Å². The molecular weight excluding hydrogens is 440 g/mol. The number of ether oxygens (including phenoxy) is 2. The van der Waals surface area contributed by atoms with Gasteiger partial charge in [0.1, 0.15) is 5.01 Å². The molecule has 2 amide bonds. The third kappa shape index (κ3) is 7.42. The van der Waals surface area contributed by atoms with Crippen LogP contribution in [0.5, 0.6) is 11.5 Å². The summed E-state index contributed by atoms with van der Waals surface area (Å²) in [5.74, 6) is 1.62. The van der Waals surface area contributed by atoms with Crippen LogP contribution in [0.15, 0.2) is 18.2 Å². The highest BCUT2D eigenvalue weighted by molar-refractivity contribution is 7.18. The lowest BCUT2D eigenvalue weighted by atomic mass is 9.84. The molecular formula is C24H34N4O4S. The predicted octanol–water partition coefficient (Wildman–Crippen LogP) is 4.96. The fourth-order valence-electron chi connectivity index (χ4n) is 4.01. The Balaban J connectivity index is 1.51. The Bertz CT molecular complexity index is 970. The van der Waals surface area contributed by atoms with Gasteiger partial charge in [-0.25, -0.2) is 0 Å². The maximum absolute atomic E-state index is 12.8. The topological polar surface area (TPSA) is 93.7 Å². The summed E-state index contributed by atoms with van der Waals surface area (Å²) < 4.78 is 10.7. The van der Waals surface area contributed by atoms with Gasteiger partial charge in [0.15, 0.2) is 11.5 Å². The molecule has 1 atom stereocenters. The Labute approximate surface area is 199 Å². The second kappa shape index (κ2) is 11.0. The molecule has 0 bridgehead atoms. The molecule has 9 heteroatoms. The highest BCUT2D eigenvalue weighted by atomic mass is 32.1. The number of carbonyl (C=O) groups excluding carboxylic acids is 2. The molecule has 0 spiro atoms. The van der Waals surface area contributed by atoms with Crippen molar-refractivity contribution in [3.8, 4) is 22.1 Å². The van der Waals surface area contributed by atoms with Crippen LogP contribution < -0.4 is 14.8 Å². The number of hydrogen-bond donors (Lipinski definition) is 1. The lowest BCUT2D eigenvalue weighted by Gasteiger charge is -2.26. The average molecular weight is 475 g/mol. The molecule has 3 rings (SSSR count). The van der Waals surface area contributed by atoms with Crippen LogP contribution in [-0.2, 0) is 9.59 Å². The van der Waals surface area contributed by atoms with E-state index in [-0.39, 0.29) is 30.4 Å². The van der Waals surface area contributed by atoms with E-state index in [9.17, 15) is 9.59 Å². The van der Waals surface area contributed by atoms with Gasteiger partial charge in [0.25, 0.3) is 0 Å². The van der Waals surface area contributed by atoms with Gasteiger partial charge in [0.2, 0.25) is 23.7 Å². The second-order valence-corrected chi connectivity index (χ2v) is 10.7. The van der Waals surface area contributed by atoms with Crippen molar-refractivity contribution >= 4 is 28.3 Å². The number of rotatable bonds is 10. The van der Waals surface area contributed by atoms with Crippen LogP contribution >= 0.6 is 11.3 Å². The van der Waals surface area contributed by atoms with E-state index in [2.05, 4.69) is 43.2 Å². The zero-order valence-corrected chi connectivity index (χ0v) is 21.0. The third-order valence-corrected chi connectivity index (χ3v) is 6.12. The van der Waals surface area contributed by atoms with E-state index >= 15 is 0 Å². The minimum atomic E-state index is -0.181. The van der Waals surface area contributed by atoms with Crippen molar-refractivity contribution in [3.63, 3.8) is 0 Å². The van der Waals surface area contributed by atoms with Crippen LogP contribution in [0.2, 0.25) is 0 Å². The first-order valence-corrected chi connectivity index (χ1v) is 12.3. The molecule has 0 aliphatic carbocycles. The van der Waals surface area contributed by atoms with Crippen LogP contribution in [0.1, 0.15) is 60.3 Å². The molecule has 2 aromatic rings. The smallest absolute Gasteiger partial charge is 0.231 e. The number of anilines is 1. The van der Waals surface area contributed by atoms with Gasteiger partial charge in [-0.2, -0.15) is 0 Å². The number of hydrogen-bond acceptors (Lipinski definition) is 7. The Kier molecular flexibility index (Phi) is 8.29. The van der Waals surface area contributed by atoms with E-state index in [0.29, 0.717) is 47.1 Å². The van der Waals surface area contributed by atoms with E-state index in [1.54, 1.807) is 4.90 Å². The van der Waals surface area contributed by atoms with Gasteiger partial charge in [-0.15, -0.1) is 10.2 Å². The maximum Gasteiger partial charge on any atom is 0.231 e. The first-order chi connectivity index (χ1) is 15.6. The van der Waals surface area contributed by atoms with Crippen LogP contribution in [0.3, 0.4) is 0 Å². The summed E-state index contributed by atoms with van der Waals surface area (Å²) in [6.45, 7) is 12.0. The predicted molar refractivity (Wildman–Crippen MR) is 129 cm³/mol. The number of carbonyl (C=O) groups is 2. The lowest BCUT2D eigenvalue weighted by molar-refractivity contribution is -0.132. The first kappa shape index (κ1) is 25.0. The van der Waals surface area contributed by atoms with Gasteiger partial charge < -0.3 is 19.7 Å². The molecule has 33 heavy (non-hydrogen) atoms. The average Bonchev–Trinajstić information content (AvgIpc) is 3.38. The molecule has 0 radical (unpaired) electrons. The van der Waals surface area contributed by atoms with Crippen molar-refractivity contribution in [1.29, 1.82) is 0 Å². The number of nitrogens with zero attached hydrogens (tertiary/aromatic N) is 3. The van der Waals surface area contributed by atoms with Gasteiger partial charge in [0, 0.05) is 31.5 Å². The Morgan fingerprint density at radius 3 is 2.67 bits per heavy atom. The van der Waals surface area contributed by atoms with Crippen molar-refractivity contribution in [1.82, 2.24) is 15.1 Å². The molecule has 1 N–H and O–H groups in total. The molecule has 1 aliphatic rings. The van der Waals surface area contributed by atoms with Gasteiger partial charge in [-0.05, 0) is 42.4 Å². The zero-order chi connectivity index (χ0) is 24.0. The van der Waals surface area contributed by atoms with Crippen LogP contribution in [0, 0.1) is 11.3 Å². The monoisotopic (exact) mass is 474 g/mol. The molecule has 0 fully saturated rings. The standard InChI is InChI=1S/C24H34N4O4S/c1-6-10-28(21(30)12-16(2)14-24(3,4)5)11-9-20(29)25-23-27-26-22(33-23)17-7-8-18-19(13-17)32-15-31-18/h7-8,13,16H,6,9-12,14-15H2,1-5H3,(H,25,27,29). The zero-order valence-electron chi connectivity index (χ0n) is 20.1. The van der Waals surface area contributed by atoms with Crippen molar-refractivity contribution in [2.45, 2.75) is 60.3 Å². The summed E-state index contributed by atoms with van der Waals surface area (Å²) in [6.07, 6.45) is 2.57. The third-order valence-electron chi connectivity index (χ3n) is 5.23. The number of benzene rings is 1. The molecule has 0 saturated carbocycles. The fourth-order valence-corrected chi connectivity index (χ4v) is 4.77. The molecule has 1 aromatic carbocycles. The molecule has 1 unspecified atom stereocenters. The minimum absolute atomic E-state index is 0.113. The van der Waals surface area contributed by atoms with Crippen LogP contribution in [0.25, 0.3) is 10.6 Å². The molecule has 8 nitrogen and oxygen atoms in total. The van der Waals surface area contributed by atoms with Gasteiger partial charge in [-0.3, -0.25) is 9.59 Å². The summed E-state index contributed by atoms with van der Waals surface area (Å²) in [4.78, 5) is 27.1. The van der Waals surface area contributed by atoms with E-state index < -0.39 is 0 Å². The quantitative estimate of drug-likeness (QED) is 0.523. The summed E-state index contributed by atoms with van der Waals surface area (Å²) in [6, 6.07) is 5.57. The maximum atomic E-state index is 12.8. The molecule has 2 heterocycles. The van der Waals surface area contributed by atoms with Crippen molar-refractivity contribution in [2.24, 2.45) is 11.3 Å². The Hall–Kier alpha value is -2.68. The molecule has 1 aliphatic heterocycles. The molecule has 1 aromatic heterocycles. The van der Waals surface area contributed by atoms with E-state index in [4.69, 9.17) is 9.47 Å². The second-order valence-electron chi connectivity index (χ2n) is 9.73. The van der Waals surface area contributed by atoms with Crippen LogP contribution in [0.4, 0.5) is 5.13 Å². The number of fused-ring (bicyclic) bond motifs is 1. The Morgan fingerprint density at radius 1 is 1.18 bits per heavy atom. The number of aromatic nitrogens is 2. The fraction of sp³-hybridized carbons (Fsp3) is 0.583. The molecule has 180 valence electrons. The normalized spacial score (nSPS) is 13.6. The molecule has 0 saturated heterocycles. The highest BCUT2D eigenvalue weighted by Crippen LogP contribution is 2.37. The highest BCUT2D eigenvalue weighted by Gasteiger charge is 2.22. The number of amides is 2. The van der Waals surface area contributed by atoms with E-state index in [1.807, 2.05) is 25.1 Å². The minimum Gasteiger partial charge on any atom is -0.454 e. The summed E-state index contributed by atoms with van der Waals surface area (Å²) >= 11 is 1.29. The van der Waals surface area contributed by atoms with Crippen molar-refractivity contribution in [2.75, 3.05) is 25.2 Å². The SMILES string of the molecule is CCCN(CCC(=O)Nc1nnc(-c2ccc3c(c2)OCO3)s1)C(=O)CC(C)CC(C)(C)C. The van der Waals surface area contributed by atoms with Crippen molar-refractivity contribution in [3.05, 3.63) is 18.2 Å². The van der Waals surface area contributed by atoms with Crippen molar-refractivity contribution < 1.29 is 19.1 Å². The van der Waals surface area contributed by atoms with Crippen LogP contribution in [-0.4, -0.2) is 46.8 Å². The summed E-state index contributed by atoms with van der Waals surface area (Å²) in [7, 11) is 0. The van der Waals surface area contributed by atoms with Gasteiger partial charge in [0.05, 0.1) is 0 Å². The van der Waals surface area contributed by atoms with Gasteiger partial charge in [-0.1, -0.05) is 46.0 Å².